The molecule has 0 saturated heterocycles. The summed E-state index contributed by atoms with van der Waals surface area (Å²) in [5, 5.41) is 0. The molecule has 0 heterocycles. The fraction of sp³-hybridized carbons (Fsp3) is 0.0417. The highest BCUT2D eigenvalue weighted by Crippen LogP contribution is 2.36. The Hall–Kier alpha value is -3.39. The lowest BCUT2D eigenvalue weighted by molar-refractivity contribution is 0.103. The van der Waals surface area contributed by atoms with Gasteiger partial charge in [-0.15, -0.1) is 0 Å². The van der Waals surface area contributed by atoms with Crippen LogP contribution in [0.1, 0.15) is 27.0 Å². The van der Waals surface area contributed by atoms with E-state index in [1.54, 1.807) is 7.11 Å². The van der Waals surface area contributed by atoms with Gasteiger partial charge >= 0.3 is 0 Å². The summed E-state index contributed by atoms with van der Waals surface area (Å²) < 4.78 is 5.59. The first-order valence-corrected chi connectivity index (χ1v) is 8.54. The molecule has 0 N–H and O–H groups in total. The van der Waals surface area contributed by atoms with Gasteiger partial charge in [-0.05, 0) is 17.2 Å². The molecular formula is C24H18O2. The summed E-state index contributed by atoms with van der Waals surface area (Å²) in [5.41, 5.74) is 5.09. The summed E-state index contributed by atoms with van der Waals surface area (Å²) in [6, 6.07) is 27.6. The number of allylic oxidation sites excluding steroid dienone is 2. The number of hydrogen-bond donors (Lipinski definition) is 0. The van der Waals surface area contributed by atoms with E-state index in [4.69, 9.17) is 4.74 Å². The van der Waals surface area contributed by atoms with E-state index < -0.39 is 0 Å². The molecular weight excluding hydrogens is 320 g/mol. The Morgan fingerprint density at radius 1 is 0.692 bits per heavy atom. The SMILES string of the molecule is COC1=CC(=C(c2ccccc2)c2ccccc2)C(=O)c2ccccc21. The van der Waals surface area contributed by atoms with Crippen molar-refractivity contribution in [1.29, 1.82) is 0 Å². The average molecular weight is 338 g/mol. The molecule has 0 atom stereocenters. The first kappa shape index (κ1) is 16.1. The molecule has 1 aliphatic rings. The first-order valence-electron chi connectivity index (χ1n) is 8.54. The van der Waals surface area contributed by atoms with Crippen LogP contribution in [0.15, 0.2) is 96.6 Å². The zero-order valence-electron chi connectivity index (χ0n) is 14.5. The third-order valence-corrected chi connectivity index (χ3v) is 4.57. The topological polar surface area (TPSA) is 26.3 Å². The summed E-state index contributed by atoms with van der Waals surface area (Å²) in [6.07, 6.45) is 1.86. The third-order valence-electron chi connectivity index (χ3n) is 4.57. The Bertz CT molecular complexity index is 971. The van der Waals surface area contributed by atoms with Crippen LogP contribution < -0.4 is 0 Å². The summed E-state index contributed by atoms with van der Waals surface area (Å²) in [7, 11) is 1.64. The van der Waals surface area contributed by atoms with Gasteiger partial charge in [-0.25, -0.2) is 0 Å². The molecule has 1 aliphatic carbocycles. The maximum atomic E-state index is 13.3. The smallest absolute Gasteiger partial charge is 0.194 e. The molecule has 0 unspecified atom stereocenters. The second-order valence-corrected chi connectivity index (χ2v) is 6.11. The highest BCUT2D eigenvalue weighted by Gasteiger charge is 2.26. The van der Waals surface area contributed by atoms with Crippen LogP contribution in [0.25, 0.3) is 11.3 Å². The van der Waals surface area contributed by atoms with Crippen molar-refractivity contribution in [3.05, 3.63) is 119 Å². The van der Waals surface area contributed by atoms with Crippen molar-refractivity contribution >= 4 is 17.1 Å². The van der Waals surface area contributed by atoms with Crippen molar-refractivity contribution in [3.8, 4) is 0 Å². The van der Waals surface area contributed by atoms with Crippen LogP contribution in [0.4, 0.5) is 0 Å². The molecule has 126 valence electrons. The average Bonchev–Trinajstić information content (AvgIpc) is 2.72. The Kier molecular flexibility index (Phi) is 4.24. The lowest BCUT2D eigenvalue weighted by Crippen LogP contribution is -2.14. The Balaban J connectivity index is 2.03. The molecule has 26 heavy (non-hydrogen) atoms. The van der Waals surface area contributed by atoms with Gasteiger partial charge in [-0.2, -0.15) is 0 Å². The predicted octanol–water partition coefficient (Wildman–Crippen LogP) is 5.37. The molecule has 3 aromatic carbocycles. The van der Waals surface area contributed by atoms with Crippen molar-refractivity contribution < 1.29 is 9.53 Å². The van der Waals surface area contributed by atoms with E-state index in [0.29, 0.717) is 16.9 Å². The number of benzene rings is 3. The van der Waals surface area contributed by atoms with Gasteiger partial charge < -0.3 is 4.74 Å². The largest absolute Gasteiger partial charge is 0.496 e. The molecule has 2 nitrogen and oxygen atoms in total. The quantitative estimate of drug-likeness (QED) is 0.600. The fourth-order valence-electron chi connectivity index (χ4n) is 3.36. The van der Waals surface area contributed by atoms with Crippen molar-refractivity contribution in [2.24, 2.45) is 0 Å². The van der Waals surface area contributed by atoms with Gasteiger partial charge in [0.25, 0.3) is 0 Å². The Morgan fingerprint density at radius 3 is 1.73 bits per heavy atom. The molecule has 0 radical (unpaired) electrons. The molecule has 2 heteroatoms. The van der Waals surface area contributed by atoms with Gasteiger partial charge in [0.1, 0.15) is 5.76 Å². The van der Waals surface area contributed by atoms with E-state index in [1.165, 1.54) is 0 Å². The van der Waals surface area contributed by atoms with E-state index in [-0.39, 0.29) is 5.78 Å². The third kappa shape index (κ3) is 2.76. The standard InChI is InChI=1S/C24H18O2/c1-26-22-16-21(24(25)20-15-9-8-14-19(20)22)23(17-10-4-2-5-11-17)18-12-6-3-7-13-18/h2-16H,1H3. The van der Waals surface area contributed by atoms with Crippen LogP contribution in [0, 0.1) is 0 Å². The number of rotatable bonds is 3. The van der Waals surface area contributed by atoms with Gasteiger partial charge in [0.05, 0.1) is 7.11 Å². The highest BCUT2D eigenvalue weighted by molar-refractivity contribution is 6.21. The number of fused-ring (bicyclic) bond motifs is 1. The molecule has 0 saturated carbocycles. The van der Waals surface area contributed by atoms with Crippen molar-refractivity contribution in [3.63, 3.8) is 0 Å². The molecule has 0 fully saturated rings. The monoisotopic (exact) mass is 338 g/mol. The maximum Gasteiger partial charge on any atom is 0.194 e. The minimum absolute atomic E-state index is 0.0177. The van der Waals surface area contributed by atoms with E-state index in [1.807, 2.05) is 91.0 Å². The van der Waals surface area contributed by atoms with Crippen molar-refractivity contribution in [2.45, 2.75) is 0 Å². The first-order chi connectivity index (χ1) is 12.8. The summed E-state index contributed by atoms with van der Waals surface area (Å²) in [5.74, 6) is 0.726. The summed E-state index contributed by atoms with van der Waals surface area (Å²) in [4.78, 5) is 13.3. The molecule has 0 amide bonds. The molecule has 3 aromatic rings. The van der Waals surface area contributed by atoms with E-state index in [0.717, 1.165) is 22.3 Å². The molecule has 4 rings (SSSR count). The maximum absolute atomic E-state index is 13.3. The van der Waals surface area contributed by atoms with Gasteiger partial charge in [0, 0.05) is 22.3 Å². The van der Waals surface area contributed by atoms with Crippen molar-refractivity contribution in [2.75, 3.05) is 7.11 Å². The lowest BCUT2D eigenvalue weighted by Gasteiger charge is -2.21. The Labute approximate surface area is 153 Å². The molecule has 0 spiro atoms. The zero-order chi connectivity index (χ0) is 17.9. The van der Waals surface area contributed by atoms with Crippen LogP contribution in [0.2, 0.25) is 0 Å². The molecule has 0 aliphatic heterocycles. The normalized spacial score (nSPS) is 13.0. The molecule has 0 aromatic heterocycles. The number of Topliss-reactive ketones (excluding diaryl/α,β-unsaturated/α-hetero) is 1. The summed E-state index contributed by atoms with van der Waals surface area (Å²) >= 11 is 0. The number of carbonyl (C=O) groups excluding carboxylic acids is 1. The number of ketones is 1. The highest BCUT2D eigenvalue weighted by atomic mass is 16.5. The zero-order valence-corrected chi connectivity index (χ0v) is 14.5. The second kappa shape index (κ2) is 6.85. The second-order valence-electron chi connectivity index (χ2n) is 6.11. The fourth-order valence-corrected chi connectivity index (χ4v) is 3.36. The number of methoxy groups -OCH3 is 1. The lowest BCUT2D eigenvalue weighted by atomic mass is 9.84. The molecule has 0 bridgehead atoms. The van der Waals surface area contributed by atoms with E-state index >= 15 is 0 Å². The predicted molar refractivity (Wildman–Crippen MR) is 105 cm³/mol. The van der Waals surface area contributed by atoms with Crippen LogP contribution in [-0.4, -0.2) is 12.9 Å². The summed E-state index contributed by atoms with van der Waals surface area (Å²) in [6.45, 7) is 0. The minimum atomic E-state index is 0.0177. The number of ether oxygens (including phenoxy) is 1. The van der Waals surface area contributed by atoms with Gasteiger partial charge in [0.15, 0.2) is 5.78 Å². The van der Waals surface area contributed by atoms with Crippen molar-refractivity contribution in [1.82, 2.24) is 0 Å². The van der Waals surface area contributed by atoms with Gasteiger partial charge in [-0.3, -0.25) is 4.79 Å². The number of carbonyl (C=O) groups is 1. The van der Waals surface area contributed by atoms with Gasteiger partial charge in [0.2, 0.25) is 0 Å². The minimum Gasteiger partial charge on any atom is -0.496 e. The van der Waals surface area contributed by atoms with Crippen LogP contribution in [-0.2, 0) is 4.74 Å². The van der Waals surface area contributed by atoms with Crippen LogP contribution in [0.5, 0.6) is 0 Å². The van der Waals surface area contributed by atoms with E-state index in [2.05, 4.69) is 0 Å². The number of hydrogen-bond acceptors (Lipinski definition) is 2. The van der Waals surface area contributed by atoms with Crippen LogP contribution in [0.3, 0.4) is 0 Å². The van der Waals surface area contributed by atoms with E-state index in [9.17, 15) is 4.79 Å². The van der Waals surface area contributed by atoms with Crippen LogP contribution >= 0.6 is 0 Å². The van der Waals surface area contributed by atoms with Gasteiger partial charge in [-0.1, -0.05) is 84.9 Å². The Morgan fingerprint density at radius 2 is 1.19 bits per heavy atom.